The summed E-state index contributed by atoms with van der Waals surface area (Å²) in [6, 6.07) is 14.3. The van der Waals surface area contributed by atoms with Crippen molar-refractivity contribution in [2.75, 3.05) is 33.3 Å². The topological polar surface area (TPSA) is 76.2 Å². The van der Waals surface area contributed by atoms with Crippen LogP contribution in [0.3, 0.4) is 0 Å². The van der Waals surface area contributed by atoms with Gasteiger partial charge in [0.25, 0.3) is 0 Å². The van der Waals surface area contributed by atoms with Gasteiger partial charge in [-0.25, -0.2) is 8.42 Å². The summed E-state index contributed by atoms with van der Waals surface area (Å²) in [6.07, 6.45) is 2.60. The van der Waals surface area contributed by atoms with Gasteiger partial charge in [-0.05, 0) is 42.8 Å². The number of aryl methyl sites for hydroxylation is 1. The molecule has 2 heterocycles. The van der Waals surface area contributed by atoms with E-state index in [2.05, 4.69) is 0 Å². The highest BCUT2D eigenvalue weighted by Crippen LogP contribution is 2.25. The third-order valence-corrected chi connectivity index (χ3v) is 7.38. The Morgan fingerprint density at radius 3 is 2.39 bits per heavy atom. The maximum absolute atomic E-state index is 13.0. The molecule has 2 fully saturated rings. The molecule has 2 aliphatic heterocycles. The van der Waals surface area contributed by atoms with Crippen LogP contribution in [0.15, 0.2) is 59.5 Å². The van der Waals surface area contributed by atoms with Gasteiger partial charge in [0, 0.05) is 32.3 Å². The first kappa shape index (κ1) is 21.5. The van der Waals surface area contributed by atoms with Crippen molar-refractivity contribution in [2.45, 2.75) is 24.0 Å². The summed E-state index contributed by atoms with van der Waals surface area (Å²) in [7, 11) is -1.99. The molecule has 164 valence electrons. The Kier molecular flexibility index (Phi) is 6.13. The van der Waals surface area contributed by atoms with Crippen LogP contribution in [-0.2, 0) is 19.6 Å². The predicted molar refractivity (Wildman–Crippen MR) is 117 cm³/mol. The fraction of sp³-hybridized carbons (Fsp3) is 0.348. The van der Waals surface area contributed by atoms with Crippen LogP contribution in [0.1, 0.15) is 11.1 Å². The van der Waals surface area contributed by atoms with Crippen LogP contribution in [0.5, 0.6) is 5.75 Å². The van der Waals surface area contributed by atoms with E-state index in [0.717, 1.165) is 16.9 Å². The van der Waals surface area contributed by atoms with E-state index in [-0.39, 0.29) is 36.1 Å². The summed E-state index contributed by atoms with van der Waals surface area (Å²) in [5.41, 5.74) is 1.88. The Morgan fingerprint density at radius 2 is 1.74 bits per heavy atom. The Hall–Kier alpha value is -2.68. The minimum absolute atomic E-state index is 0.115. The number of benzene rings is 2. The van der Waals surface area contributed by atoms with E-state index >= 15 is 0 Å². The normalized spacial score (nSPS) is 21.9. The van der Waals surface area contributed by atoms with Crippen molar-refractivity contribution in [3.05, 3.63) is 65.7 Å². The Morgan fingerprint density at radius 1 is 1.06 bits per heavy atom. The van der Waals surface area contributed by atoms with Gasteiger partial charge < -0.3 is 14.4 Å². The Labute approximate surface area is 182 Å². The number of ether oxygens (including phenoxy) is 2. The van der Waals surface area contributed by atoms with Gasteiger partial charge in [0.2, 0.25) is 15.9 Å². The molecule has 2 saturated heterocycles. The standard InChI is InChI=1S/C23H26N2O5S/c1-17-6-9-22(10-7-17)31(27,28)25-15-20-13-24(14-21(16-25)30-20)23(26)11-8-18-4-3-5-19(12-18)29-2/h3-12,20-21H,13-16H2,1-2H3/b11-8+. The molecule has 8 heteroatoms. The molecule has 1 amide bonds. The van der Waals surface area contributed by atoms with E-state index in [9.17, 15) is 13.2 Å². The van der Waals surface area contributed by atoms with Crippen molar-refractivity contribution < 1.29 is 22.7 Å². The number of fused-ring (bicyclic) bond motifs is 2. The highest BCUT2D eigenvalue weighted by atomic mass is 32.2. The summed E-state index contributed by atoms with van der Waals surface area (Å²) >= 11 is 0. The third-order valence-electron chi connectivity index (χ3n) is 5.53. The predicted octanol–water partition coefficient (Wildman–Crippen LogP) is 2.32. The number of morpholine rings is 2. The molecule has 0 N–H and O–H groups in total. The summed E-state index contributed by atoms with van der Waals surface area (Å²) in [4.78, 5) is 14.7. The molecule has 4 rings (SSSR count). The number of methoxy groups -OCH3 is 1. The Balaban J connectivity index is 1.42. The molecule has 0 spiro atoms. The molecule has 0 aliphatic carbocycles. The quantitative estimate of drug-likeness (QED) is 0.665. The number of amides is 1. The lowest BCUT2D eigenvalue weighted by Crippen LogP contribution is -2.61. The minimum Gasteiger partial charge on any atom is -0.497 e. The molecular weight excluding hydrogens is 416 g/mol. The summed E-state index contributed by atoms with van der Waals surface area (Å²) in [5.74, 6) is 0.612. The second-order valence-electron chi connectivity index (χ2n) is 7.87. The van der Waals surface area contributed by atoms with Crippen molar-refractivity contribution in [1.29, 1.82) is 0 Å². The lowest BCUT2D eigenvalue weighted by Gasteiger charge is -2.44. The van der Waals surface area contributed by atoms with Crippen LogP contribution in [0.25, 0.3) is 6.08 Å². The number of sulfonamides is 1. The van der Waals surface area contributed by atoms with Crippen molar-refractivity contribution in [2.24, 2.45) is 0 Å². The molecule has 2 unspecified atom stereocenters. The molecule has 0 aromatic heterocycles. The second kappa shape index (κ2) is 8.82. The van der Waals surface area contributed by atoms with E-state index in [0.29, 0.717) is 13.1 Å². The minimum atomic E-state index is -3.59. The van der Waals surface area contributed by atoms with Crippen molar-refractivity contribution in [1.82, 2.24) is 9.21 Å². The average molecular weight is 443 g/mol. The van der Waals surface area contributed by atoms with Crippen LogP contribution in [-0.4, -0.2) is 69.0 Å². The molecule has 7 nitrogen and oxygen atoms in total. The molecule has 2 bridgehead atoms. The van der Waals surface area contributed by atoms with Crippen LogP contribution in [0.4, 0.5) is 0 Å². The molecule has 2 aromatic rings. The number of carbonyl (C=O) groups excluding carboxylic acids is 1. The van der Waals surface area contributed by atoms with E-state index in [4.69, 9.17) is 9.47 Å². The van der Waals surface area contributed by atoms with Gasteiger partial charge in [-0.15, -0.1) is 0 Å². The number of rotatable bonds is 5. The molecule has 2 aromatic carbocycles. The first-order chi connectivity index (χ1) is 14.8. The summed E-state index contributed by atoms with van der Waals surface area (Å²) in [6.45, 7) is 3.10. The van der Waals surface area contributed by atoms with Crippen molar-refractivity contribution in [3.8, 4) is 5.75 Å². The molecular formula is C23H26N2O5S. The maximum Gasteiger partial charge on any atom is 0.246 e. The number of carbonyl (C=O) groups is 1. The van der Waals surface area contributed by atoms with E-state index in [1.54, 1.807) is 42.4 Å². The highest BCUT2D eigenvalue weighted by molar-refractivity contribution is 7.89. The fourth-order valence-electron chi connectivity index (χ4n) is 3.91. The summed E-state index contributed by atoms with van der Waals surface area (Å²) in [5, 5.41) is 0. The monoisotopic (exact) mass is 442 g/mol. The maximum atomic E-state index is 13.0. The largest absolute Gasteiger partial charge is 0.497 e. The van der Waals surface area contributed by atoms with E-state index in [1.165, 1.54) is 10.4 Å². The zero-order chi connectivity index (χ0) is 22.0. The van der Waals surface area contributed by atoms with Crippen LogP contribution in [0.2, 0.25) is 0 Å². The first-order valence-electron chi connectivity index (χ1n) is 10.2. The van der Waals surface area contributed by atoms with E-state index < -0.39 is 10.0 Å². The van der Waals surface area contributed by atoms with E-state index in [1.807, 2.05) is 31.2 Å². The SMILES string of the molecule is COc1cccc(/C=C/C(=O)N2CC3CN(S(=O)(=O)c4ccc(C)cc4)CC(C2)O3)c1. The van der Waals surface area contributed by atoms with Crippen LogP contribution in [0, 0.1) is 6.92 Å². The van der Waals surface area contributed by atoms with Gasteiger partial charge in [-0.3, -0.25) is 4.79 Å². The lowest BCUT2D eigenvalue weighted by molar-refractivity contribution is -0.150. The van der Waals surface area contributed by atoms with Crippen molar-refractivity contribution >= 4 is 22.0 Å². The zero-order valence-corrected chi connectivity index (χ0v) is 18.4. The fourth-order valence-corrected chi connectivity index (χ4v) is 5.41. The van der Waals surface area contributed by atoms with Gasteiger partial charge in [-0.2, -0.15) is 4.31 Å². The highest BCUT2D eigenvalue weighted by Gasteiger charge is 2.40. The van der Waals surface area contributed by atoms with Gasteiger partial charge in [-0.1, -0.05) is 29.8 Å². The van der Waals surface area contributed by atoms with Gasteiger partial charge in [0.1, 0.15) is 5.75 Å². The molecule has 2 atom stereocenters. The van der Waals surface area contributed by atoms with Crippen LogP contribution < -0.4 is 4.74 Å². The van der Waals surface area contributed by atoms with Gasteiger partial charge >= 0.3 is 0 Å². The van der Waals surface area contributed by atoms with Gasteiger partial charge in [0.05, 0.1) is 24.2 Å². The van der Waals surface area contributed by atoms with Crippen LogP contribution >= 0.6 is 0 Å². The molecule has 0 saturated carbocycles. The molecule has 31 heavy (non-hydrogen) atoms. The molecule has 2 aliphatic rings. The third kappa shape index (κ3) is 4.81. The number of nitrogens with zero attached hydrogens (tertiary/aromatic N) is 2. The summed E-state index contributed by atoms with van der Waals surface area (Å²) < 4.78 is 38.7. The second-order valence-corrected chi connectivity index (χ2v) is 9.81. The number of hydrogen-bond donors (Lipinski definition) is 0. The zero-order valence-electron chi connectivity index (χ0n) is 17.6. The average Bonchev–Trinajstić information content (AvgIpc) is 2.77. The first-order valence-corrected chi connectivity index (χ1v) is 11.6. The number of hydrogen-bond acceptors (Lipinski definition) is 5. The Bertz CT molecular complexity index is 1070. The lowest BCUT2D eigenvalue weighted by atomic mass is 10.1. The van der Waals surface area contributed by atoms with Crippen molar-refractivity contribution in [3.63, 3.8) is 0 Å². The van der Waals surface area contributed by atoms with Gasteiger partial charge in [0.15, 0.2) is 0 Å². The smallest absolute Gasteiger partial charge is 0.246 e. The molecule has 0 radical (unpaired) electrons.